The third-order valence-corrected chi connectivity index (χ3v) is 4.79. The van der Waals surface area contributed by atoms with Crippen molar-refractivity contribution in [2.24, 2.45) is 11.7 Å². The van der Waals surface area contributed by atoms with Crippen LogP contribution < -0.4 is 15.8 Å². The average Bonchev–Trinajstić information content (AvgIpc) is 2.56. The molecule has 0 aromatic heterocycles. The van der Waals surface area contributed by atoms with Gasteiger partial charge in [0, 0.05) is 18.6 Å². The van der Waals surface area contributed by atoms with E-state index in [4.69, 9.17) is 10.5 Å². The maximum absolute atomic E-state index is 6.38. The predicted molar refractivity (Wildman–Crippen MR) is 88.5 cm³/mol. The van der Waals surface area contributed by atoms with Crippen LogP contribution in [0.1, 0.15) is 51.0 Å². The van der Waals surface area contributed by atoms with Crippen molar-refractivity contribution in [1.82, 2.24) is 5.32 Å². The molecular weight excluding hydrogens is 260 g/mol. The lowest BCUT2D eigenvalue weighted by Crippen LogP contribution is -2.49. The van der Waals surface area contributed by atoms with Crippen LogP contribution in [0.15, 0.2) is 24.3 Å². The molecule has 21 heavy (non-hydrogen) atoms. The lowest BCUT2D eigenvalue weighted by Gasteiger charge is -2.34. The molecular formula is C18H30N2O. The van der Waals surface area contributed by atoms with Gasteiger partial charge in [0.05, 0.1) is 7.11 Å². The molecule has 2 rings (SSSR count). The van der Waals surface area contributed by atoms with Crippen molar-refractivity contribution in [3.8, 4) is 5.75 Å². The molecule has 3 N–H and O–H groups in total. The molecule has 0 aliphatic heterocycles. The Morgan fingerprint density at radius 2 is 1.86 bits per heavy atom. The van der Waals surface area contributed by atoms with Crippen molar-refractivity contribution in [2.45, 2.75) is 64.1 Å². The summed E-state index contributed by atoms with van der Waals surface area (Å²) in [5.74, 6) is 1.65. The predicted octanol–water partition coefficient (Wildman–Crippen LogP) is 3.47. The molecule has 1 fully saturated rings. The van der Waals surface area contributed by atoms with Crippen LogP contribution >= 0.6 is 0 Å². The van der Waals surface area contributed by atoms with Gasteiger partial charge in [-0.3, -0.25) is 0 Å². The lowest BCUT2D eigenvalue weighted by molar-refractivity contribution is 0.235. The Bertz CT molecular complexity index is 398. The molecule has 1 aliphatic carbocycles. The molecule has 2 atom stereocenters. The molecule has 0 radical (unpaired) electrons. The first kappa shape index (κ1) is 16.3. The molecule has 0 spiro atoms. The monoisotopic (exact) mass is 290 g/mol. The van der Waals surface area contributed by atoms with E-state index in [2.05, 4.69) is 24.4 Å². The van der Waals surface area contributed by atoms with Gasteiger partial charge in [-0.05, 0) is 42.9 Å². The van der Waals surface area contributed by atoms with E-state index in [1.54, 1.807) is 7.11 Å². The standard InChI is InChI=1S/C18H30N2O/c1-3-17(19)18(15-7-5-4-6-8-15)20-13-14-9-11-16(21-2)12-10-14/h9-12,15,17-18,20H,3-8,13,19H2,1-2H3. The van der Waals surface area contributed by atoms with Crippen LogP contribution in [-0.2, 0) is 6.54 Å². The molecule has 0 bridgehead atoms. The Hall–Kier alpha value is -1.06. The van der Waals surface area contributed by atoms with Crippen molar-refractivity contribution in [3.63, 3.8) is 0 Å². The summed E-state index contributed by atoms with van der Waals surface area (Å²) in [6.07, 6.45) is 7.81. The van der Waals surface area contributed by atoms with Gasteiger partial charge in [-0.1, -0.05) is 38.3 Å². The minimum Gasteiger partial charge on any atom is -0.497 e. The van der Waals surface area contributed by atoms with E-state index in [-0.39, 0.29) is 6.04 Å². The maximum Gasteiger partial charge on any atom is 0.118 e. The molecule has 1 aliphatic rings. The largest absolute Gasteiger partial charge is 0.497 e. The summed E-state index contributed by atoms with van der Waals surface area (Å²) in [4.78, 5) is 0. The van der Waals surface area contributed by atoms with Gasteiger partial charge in [-0.2, -0.15) is 0 Å². The summed E-state index contributed by atoms with van der Waals surface area (Å²) < 4.78 is 5.21. The first-order valence-electron chi connectivity index (χ1n) is 8.36. The molecule has 1 aromatic carbocycles. The van der Waals surface area contributed by atoms with Crippen molar-refractivity contribution in [1.29, 1.82) is 0 Å². The highest BCUT2D eigenvalue weighted by atomic mass is 16.5. The summed E-state index contributed by atoms with van der Waals surface area (Å²) in [5, 5.41) is 3.73. The fourth-order valence-electron chi connectivity index (χ4n) is 3.39. The van der Waals surface area contributed by atoms with Gasteiger partial charge in [0.2, 0.25) is 0 Å². The van der Waals surface area contributed by atoms with Gasteiger partial charge >= 0.3 is 0 Å². The Morgan fingerprint density at radius 3 is 2.43 bits per heavy atom. The minimum absolute atomic E-state index is 0.256. The Kier molecular flexibility index (Phi) is 6.52. The fraction of sp³-hybridized carbons (Fsp3) is 0.667. The lowest BCUT2D eigenvalue weighted by atomic mass is 9.80. The number of nitrogens with two attached hydrogens (primary N) is 1. The Morgan fingerprint density at radius 1 is 1.19 bits per heavy atom. The van der Waals surface area contributed by atoms with E-state index < -0.39 is 0 Å². The highest BCUT2D eigenvalue weighted by Gasteiger charge is 2.27. The summed E-state index contributed by atoms with van der Waals surface area (Å²) >= 11 is 0. The second-order valence-electron chi connectivity index (χ2n) is 6.22. The first-order valence-corrected chi connectivity index (χ1v) is 8.36. The average molecular weight is 290 g/mol. The summed E-state index contributed by atoms with van der Waals surface area (Å²) in [6.45, 7) is 3.08. The SMILES string of the molecule is CCC(N)C(NCc1ccc(OC)cc1)C1CCCCC1. The maximum atomic E-state index is 6.38. The molecule has 118 valence electrons. The normalized spacial score (nSPS) is 19.2. The highest BCUT2D eigenvalue weighted by Crippen LogP contribution is 2.28. The third-order valence-electron chi connectivity index (χ3n) is 4.79. The Balaban J connectivity index is 1.93. The van der Waals surface area contributed by atoms with E-state index in [1.165, 1.54) is 37.7 Å². The van der Waals surface area contributed by atoms with Crippen LogP contribution in [0.4, 0.5) is 0 Å². The molecule has 3 heteroatoms. The molecule has 0 heterocycles. The zero-order valence-electron chi connectivity index (χ0n) is 13.5. The topological polar surface area (TPSA) is 47.3 Å². The molecule has 1 aromatic rings. The second kappa shape index (κ2) is 8.40. The van der Waals surface area contributed by atoms with Gasteiger partial charge < -0.3 is 15.8 Å². The van der Waals surface area contributed by atoms with Gasteiger partial charge in [0.25, 0.3) is 0 Å². The number of rotatable bonds is 7. The van der Waals surface area contributed by atoms with E-state index in [1.807, 2.05) is 12.1 Å². The van der Waals surface area contributed by atoms with E-state index in [9.17, 15) is 0 Å². The second-order valence-corrected chi connectivity index (χ2v) is 6.22. The fourth-order valence-corrected chi connectivity index (χ4v) is 3.39. The van der Waals surface area contributed by atoms with Crippen molar-refractivity contribution in [3.05, 3.63) is 29.8 Å². The van der Waals surface area contributed by atoms with Crippen LogP contribution in [-0.4, -0.2) is 19.2 Å². The number of nitrogens with one attached hydrogen (secondary N) is 1. The zero-order valence-corrected chi connectivity index (χ0v) is 13.5. The smallest absolute Gasteiger partial charge is 0.118 e. The van der Waals surface area contributed by atoms with Crippen molar-refractivity contribution in [2.75, 3.05) is 7.11 Å². The number of hydrogen-bond acceptors (Lipinski definition) is 3. The van der Waals surface area contributed by atoms with Crippen LogP contribution in [0.25, 0.3) is 0 Å². The van der Waals surface area contributed by atoms with Gasteiger partial charge in [0.1, 0.15) is 5.75 Å². The van der Waals surface area contributed by atoms with E-state index >= 15 is 0 Å². The third kappa shape index (κ3) is 4.72. The quantitative estimate of drug-likeness (QED) is 0.808. The first-order chi connectivity index (χ1) is 10.2. The summed E-state index contributed by atoms with van der Waals surface area (Å²) in [6, 6.07) is 8.99. The number of ether oxygens (including phenoxy) is 1. The van der Waals surface area contributed by atoms with Crippen LogP contribution in [0.5, 0.6) is 5.75 Å². The molecule has 2 unspecified atom stereocenters. The van der Waals surface area contributed by atoms with Crippen LogP contribution in [0, 0.1) is 5.92 Å². The van der Waals surface area contributed by atoms with Gasteiger partial charge in [-0.15, -0.1) is 0 Å². The molecule has 3 nitrogen and oxygen atoms in total. The molecule has 0 saturated heterocycles. The van der Waals surface area contributed by atoms with Crippen LogP contribution in [0.2, 0.25) is 0 Å². The number of hydrogen-bond donors (Lipinski definition) is 2. The van der Waals surface area contributed by atoms with Crippen molar-refractivity contribution >= 4 is 0 Å². The minimum atomic E-state index is 0.256. The van der Waals surface area contributed by atoms with E-state index in [0.717, 1.165) is 24.6 Å². The molecule has 1 saturated carbocycles. The summed E-state index contributed by atoms with van der Waals surface area (Å²) in [7, 11) is 1.70. The Labute approximate surface area is 129 Å². The van der Waals surface area contributed by atoms with Gasteiger partial charge in [-0.25, -0.2) is 0 Å². The number of benzene rings is 1. The highest BCUT2D eigenvalue weighted by molar-refractivity contribution is 5.27. The van der Waals surface area contributed by atoms with Crippen LogP contribution in [0.3, 0.4) is 0 Å². The summed E-state index contributed by atoms with van der Waals surface area (Å²) in [5.41, 5.74) is 7.67. The number of methoxy groups -OCH3 is 1. The molecule has 0 amide bonds. The zero-order chi connectivity index (χ0) is 15.1. The van der Waals surface area contributed by atoms with Gasteiger partial charge in [0.15, 0.2) is 0 Å². The van der Waals surface area contributed by atoms with E-state index in [0.29, 0.717) is 6.04 Å². The van der Waals surface area contributed by atoms with Crippen molar-refractivity contribution < 1.29 is 4.74 Å².